The van der Waals surface area contributed by atoms with E-state index in [1.807, 2.05) is 0 Å². The maximum absolute atomic E-state index is 12.9. The van der Waals surface area contributed by atoms with Gasteiger partial charge in [-0.2, -0.15) is 0 Å². The Labute approximate surface area is 450 Å². The van der Waals surface area contributed by atoms with Crippen LogP contribution in [0.4, 0.5) is 0 Å². The maximum Gasteiger partial charge on any atom is 0.306 e. The maximum atomic E-state index is 12.9. The molecule has 0 heterocycles. The molecular weight excluding hydrogens is 901 g/mol. The van der Waals surface area contributed by atoms with Gasteiger partial charge >= 0.3 is 17.9 Å². The molecule has 6 nitrogen and oxygen atoms in total. The van der Waals surface area contributed by atoms with Crippen molar-refractivity contribution in [1.82, 2.24) is 0 Å². The zero-order valence-corrected chi connectivity index (χ0v) is 47.4. The van der Waals surface area contributed by atoms with E-state index in [0.29, 0.717) is 19.3 Å². The quantitative estimate of drug-likeness (QED) is 0.0261. The van der Waals surface area contributed by atoms with Gasteiger partial charge in [0.05, 0.1) is 0 Å². The van der Waals surface area contributed by atoms with Crippen molar-refractivity contribution >= 4 is 17.9 Å². The fourth-order valence-electron chi connectivity index (χ4n) is 7.93. The lowest BCUT2D eigenvalue weighted by atomic mass is 10.1. The fraction of sp³-hybridized carbons (Fsp3) is 0.657. The SMILES string of the molecule is CC/C=C\C/C=C\C/C=C\C/C=C\C/C=C\CCCC(=O)OC[C@H](COC(=O)CCCCCCCCCCC/C=C\CCCCCCCC)OC(=O)CCCCC/C=C\C/C=C\C/C=C\C/C=C\CCCCC. The van der Waals surface area contributed by atoms with Crippen LogP contribution in [-0.2, 0) is 28.6 Å². The molecule has 0 saturated carbocycles. The van der Waals surface area contributed by atoms with Gasteiger partial charge in [-0.3, -0.25) is 14.4 Å². The van der Waals surface area contributed by atoms with Crippen LogP contribution in [0, 0.1) is 0 Å². The van der Waals surface area contributed by atoms with Crippen LogP contribution < -0.4 is 0 Å². The second-order valence-corrected chi connectivity index (χ2v) is 19.5. The van der Waals surface area contributed by atoms with Gasteiger partial charge in [-0.1, -0.05) is 239 Å². The van der Waals surface area contributed by atoms with Gasteiger partial charge in [0.25, 0.3) is 0 Å². The number of unbranched alkanes of at least 4 members (excludes halogenated alkanes) is 22. The number of carbonyl (C=O) groups excluding carboxylic acids is 3. The smallest absolute Gasteiger partial charge is 0.306 e. The Balaban J connectivity index is 4.54. The summed E-state index contributed by atoms with van der Waals surface area (Å²) in [6.45, 7) is 6.42. The van der Waals surface area contributed by atoms with Crippen molar-refractivity contribution < 1.29 is 28.6 Å². The van der Waals surface area contributed by atoms with E-state index >= 15 is 0 Å². The van der Waals surface area contributed by atoms with Crippen LogP contribution in [0.3, 0.4) is 0 Å². The molecule has 0 rings (SSSR count). The molecule has 414 valence electrons. The lowest BCUT2D eigenvalue weighted by Gasteiger charge is -2.18. The van der Waals surface area contributed by atoms with E-state index in [9.17, 15) is 14.4 Å². The van der Waals surface area contributed by atoms with E-state index in [0.717, 1.165) is 96.3 Å². The Kier molecular flexibility index (Phi) is 56.9. The van der Waals surface area contributed by atoms with Gasteiger partial charge < -0.3 is 14.2 Å². The molecule has 0 spiro atoms. The molecule has 0 saturated heterocycles. The first-order valence-electron chi connectivity index (χ1n) is 30.0. The van der Waals surface area contributed by atoms with E-state index in [2.05, 4.69) is 142 Å². The zero-order chi connectivity index (χ0) is 52.9. The second-order valence-electron chi connectivity index (χ2n) is 19.5. The van der Waals surface area contributed by atoms with Crippen molar-refractivity contribution in [3.05, 3.63) is 122 Å². The van der Waals surface area contributed by atoms with Crippen LogP contribution in [0.25, 0.3) is 0 Å². The highest BCUT2D eigenvalue weighted by atomic mass is 16.6. The summed E-state index contributed by atoms with van der Waals surface area (Å²) in [6, 6.07) is 0. The number of hydrogen-bond donors (Lipinski definition) is 0. The molecule has 0 aromatic rings. The lowest BCUT2D eigenvalue weighted by molar-refractivity contribution is -0.167. The predicted molar refractivity (Wildman–Crippen MR) is 316 cm³/mol. The number of ether oxygens (including phenoxy) is 3. The predicted octanol–water partition coefficient (Wildman–Crippen LogP) is 20.4. The van der Waals surface area contributed by atoms with Crippen LogP contribution in [0.5, 0.6) is 0 Å². The van der Waals surface area contributed by atoms with Crippen molar-refractivity contribution in [1.29, 1.82) is 0 Å². The Morgan fingerprint density at radius 3 is 0.945 bits per heavy atom. The van der Waals surface area contributed by atoms with E-state index < -0.39 is 6.10 Å². The highest BCUT2D eigenvalue weighted by molar-refractivity contribution is 5.71. The highest BCUT2D eigenvalue weighted by Crippen LogP contribution is 2.14. The third-order valence-electron chi connectivity index (χ3n) is 12.4. The lowest BCUT2D eigenvalue weighted by Crippen LogP contribution is -2.30. The van der Waals surface area contributed by atoms with Crippen molar-refractivity contribution in [3.63, 3.8) is 0 Å². The number of carbonyl (C=O) groups is 3. The molecule has 1 atom stereocenters. The summed E-state index contributed by atoms with van der Waals surface area (Å²) < 4.78 is 16.8. The summed E-state index contributed by atoms with van der Waals surface area (Å²) in [4.78, 5) is 38.2. The Morgan fingerprint density at radius 1 is 0.288 bits per heavy atom. The minimum Gasteiger partial charge on any atom is -0.462 e. The van der Waals surface area contributed by atoms with Gasteiger partial charge in [-0.15, -0.1) is 0 Å². The molecule has 0 N–H and O–H groups in total. The summed E-state index contributed by atoms with van der Waals surface area (Å²) in [5, 5.41) is 0. The largest absolute Gasteiger partial charge is 0.462 e. The third-order valence-corrected chi connectivity index (χ3v) is 12.4. The van der Waals surface area contributed by atoms with Gasteiger partial charge in [0.1, 0.15) is 13.2 Å². The van der Waals surface area contributed by atoms with Crippen LogP contribution in [0.15, 0.2) is 122 Å². The van der Waals surface area contributed by atoms with Crippen LogP contribution in [0.1, 0.15) is 265 Å². The van der Waals surface area contributed by atoms with Crippen molar-refractivity contribution in [2.24, 2.45) is 0 Å². The molecule has 0 aromatic carbocycles. The Hall–Kier alpha value is -4.19. The first-order chi connectivity index (χ1) is 36.0. The van der Waals surface area contributed by atoms with E-state index in [1.54, 1.807) is 0 Å². The van der Waals surface area contributed by atoms with Gasteiger partial charge in [-0.25, -0.2) is 0 Å². The molecule has 0 amide bonds. The molecule has 0 unspecified atom stereocenters. The van der Waals surface area contributed by atoms with Gasteiger partial charge in [0.15, 0.2) is 6.10 Å². The molecule has 0 aliphatic heterocycles. The highest BCUT2D eigenvalue weighted by Gasteiger charge is 2.19. The van der Waals surface area contributed by atoms with Crippen LogP contribution >= 0.6 is 0 Å². The first kappa shape index (κ1) is 68.8. The molecule has 0 aliphatic rings. The van der Waals surface area contributed by atoms with E-state index in [1.165, 1.54) is 116 Å². The number of esters is 3. The van der Waals surface area contributed by atoms with Gasteiger partial charge in [-0.05, 0) is 128 Å². The summed E-state index contributed by atoms with van der Waals surface area (Å²) in [7, 11) is 0. The van der Waals surface area contributed by atoms with E-state index in [4.69, 9.17) is 14.2 Å². The topological polar surface area (TPSA) is 78.9 Å². The number of rotatable bonds is 53. The molecular formula is C67H110O6. The van der Waals surface area contributed by atoms with Crippen LogP contribution in [0.2, 0.25) is 0 Å². The monoisotopic (exact) mass is 1010 g/mol. The average Bonchev–Trinajstić information content (AvgIpc) is 3.39. The molecule has 0 radical (unpaired) electrons. The molecule has 0 aliphatic carbocycles. The molecule has 0 bridgehead atoms. The average molecular weight is 1010 g/mol. The molecule has 73 heavy (non-hydrogen) atoms. The third kappa shape index (κ3) is 58.6. The second kappa shape index (κ2) is 60.4. The van der Waals surface area contributed by atoms with Crippen molar-refractivity contribution in [2.45, 2.75) is 271 Å². The summed E-state index contributed by atoms with van der Waals surface area (Å²) in [5.74, 6) is -1.01. The number of hydrogen-bond acceptors (Lipinski definition) is 6. The zero-order valence-electron chi connectivity index (χ0n) is 47.4. The fourth-order valence-corrected chi connectivity index (χ4v) is 7.93. The normalized spacial score (nSPS) is 13.0. The number of allylic oxidation sites excluding steroid dienone is 20. The summed E-state index contributed by atoms with van der Waals surface area (Å²) >= 11 is 0. The Morgan fingerprint density at radius 2 is 0.548 bits per heavy atom. The van der Waals surface area contributed by atoms with E-state index in [-0.39, 0.29) is 44.0 Å². The minimum atomic E-state index is -0.823. The minimum absolute atomic E-state index is 0.112. The van der Waals surface area contributed by atoms with Crippen molar-refractivity contribution in [3.8, 4) is 0 Å². The van der Waals surface area contributed by atoms with Crippen LogP contribution in [-0.4, -0.2) is 37.2 Å². The van der Waals surface area contributed by atoms with Crippen molar-refractivity contribution in [2.75, 3.05) is 13.2 Å². The Bertz CT molecular complexity index is 1540. The summed E-state index contributed by atoms with van der Waals surface area (Å²) in [6.07, 6.45) is 83.4. The molecule has 6 heteroatoms. The first-order valence-corrected chi connectivity index (χ1v) is 30.0. The molecule has 0 fully saturated rings. The van der Waals surface area contributed by atoms with Gasteiger partial charge in [0.2, 0.25) is 0 Å². The standard InChI is InChI=1S/C67H110O6/c1-4-7-10-13-16-19-22-25-28-31-33-36-39-42-45-48-51-54-57-60-66(69)72-63-64(62-71-65(68)59-56-53-50-47-44-41-38-35-30-27-24-21-18-15-12-9-6-3)73-67(70)61-58-55-52-49-46-43-40-37-34-32-29-26-23-20-17-14-11-8-5-2/h9,12,17-18,20-21,25-30,34,37-38,41,43,46-47,50,64H,4-8,10-11,13-16,19,22-24,31-33,35-36,39-40,42,44-45,48-49,51-63H2,1-3H3/b12-9-,20-17-,21-18-,28-25-,29-26-,30-27-,37-34-,41-38-,46-43-,50-47-/t64-/m1/s1. The van der Waals surface area contributed by atoms with Gasteiger partial charge in [0, 0.05) is 19.3 Å². The molecule has 0 aromatic heterocycles. The summed E-state index contributed by atoms with van der Waals surface area (Å²) in [5.41, 5.74) is 0.